The fourth-order valence-electron chi connectivity index (χ4n) is 1.98. The molecule has 5 N–H and O–H groups in total. The van der Waals surface area contributed by atoms with E-state index in [1.165, 1.54) is 11.8 Å². The first-order chi connectivity index (χ1) is 12.7. The van der Waals surface area contributed by atoms with E-state index in [1.807, 2.05) is 31.2 Å². The molecular weight excluding hydrogens is 392 g/mol. The molecule has 0 bridgehead atoms. The molecule has 1 aromatic carbocycles. The highest BCUT2D eigenvalue weighted by molar-refractivity contribution is 7.99. The van der Waals surface area contributed by atoms with Crippen molar-refractivity contribution in [3.63, 3.8) is 0 Å². The zero-order valence-electron chi connectivity index (χ0n) is 14.6. The van der Waals surface area contributed by atoms with Crippen molar-refractivity contribution in [2.45, 2.75) is 18.4 Å². The standard InChI is InChI=1S/C15H20N6O4S2/c1-10-3-2-4-11(9-10)19-14(16)13-15(21-25-20-13)26-7-6-18-12(22)5-8-27(17,23)24/h2-4,9H,5-8H2,1H3,(H2,16,19)(H,18,22)(H2,17,23,24). The van der Waals surface area contributed by atoms with E-state index < -0.39 is 21.7 Å². The zero-order chi connectivity index (χ0) is 19.9. The van der Waals surface area contributed by atoms with Crippen molar-refractivity contribution in [2.24, 2.45) is 15.9 Å². The second-order valence-electron chi connectivity index (χ2n) is 5.57. The average Bonchev–Trinajstić information content (AvgIpc) is 3.05. The van der Waals surface area contributed by atoms with E-state index in [0.29, 0.717) is 28.7 Å². The molecule has 0 fully saturated rings. The van der Waals surface area contributed by atoms with Gasteiger partial charge in [-0.1, -0.05) is 23.9 Å². The molecule has 0 spiro atoms. The SMILES string of the molecule is Cc1cccc(N=C(N)c2nonc2SCCNC(=O)CCS(N)(=O)=O)c1. The largest absolute Gasteiger partial charge is 0.382 e. The van der Waals surface area contributed by atoms with Crippen molar-refractivity contribution in [3.05, 3.63) is 35.5 Å². The van der Waals surface area contributed by atoms with Crippen LogP contribution in [0.15, 0.2) is 38.9 Å². The van der Waals surface area contributed by atoms with Gasteiger partial charge in [-0.2, -0.15) is 0 Å². The third-order valence-corrected chi connectivity index (χ3v) is 4.95. The number of nitrogens with zero attached hydrogens (tertiary/aromatic N) is 3. The number of hydrogen-bond donors (Lipinski definition) is 3. The van der Waals surface area contributed by atoms with Gasteiger partial charge in [-0.05, 0) is 34.9 Å². The molecule has 0 unspecified atom stereocenters. The molecule has 146 valence electrons. The Morgan fingerprint density at radius 1 is 1.37 bits per heavy atom. The van der Waals surface area contributed by atoms with Gasteiger partial charge in [0, 0.05) is 18.7 Å². The Kier molecular flexibility index (Phi) is 7.33. The highest BCUT2D eigenvalue weighted by Gasteiger charge is 2.15. The summed E-state index contributed by atoms with van der Waals surface area (Å²) in [6, 6.07) is 7.52. The maximum atomic E-state index is 11.5. The predicted molar refractivity (Wildman–Crippen MR) is 102 cm³/mol. The van der Waals surface area contributed by atoms with Crippen LogP contribution in [0.2, 0.25) is 0 Å². The fraction of sp³-hybridized carbons (Fsp3) is 0.333. The maximum absolute atomic E-state index is 11.5. The number of nitrogens with two attached hydrogens (primary N) is 2. The van der Waals surface area contributed by atoms with E-state index in [4.69, 9.17) is 15.5 Å². The minimum atomic E-state index is -3.65. The number of carbonyl (C=O) groups excluding carboxylic acids is 1. The van der Waals surface area contributed by atoms with Gasteiger partial charge in [0.15, 0.2) is 16.6 Å². The van der Waals surface area contributed by atoms with Gasteiger partial charge in [0.25, 0.3) is 0 Å². The topological polar surface area (TPSA) is 167 Å². The van der Waals surface area contributed by atoms with Gasteiger partial charge in [-0.15, -0.1) is 0 Å². The van der Waals surface area contributed by atoms with Gasteiger partial charge < -0.3 is 11.1 Å². The van der Waals surface area contributed by atoms with E-state index in [1.54, 1.807) is 0 Å². The Morgan fingerprint density at radius 2 is 2.15 bits per heavy atom. The average molecular weight is 412 g/mol. The van der Waals surface area contributed by atoms with Gasteiger partial charge >= 0.3 is 0 Å². The lowest BCUT2D eigenvalue weighted by molar-refractivity contribution is -0.120. The van der Waals surface area contributed by atoms with E-state index >= 15 is 0 Å². The summed E-state index contributed by atoms with van der Waals surface area (Å²) in [6.07, 6.45) is -0.184. The normalized spacial score (nSPS) is 12.1. The summed E-state index contributed by atoms with van der Waals surface area (Å²) in [5.74, 6) is -0.166. The van der Waals surface area contributed by atoms with Crippen LogP contribution in [0.3, 0.4) is 0 Å². The maximum Gasteiger partial charge on any atom is 0.221 e. The molecule has 0 atom stereocenters. The number of thioether (sulfide) groups is 1. The quantitative estimate of drug-likeness (QED) is 0.229. The Balaban J connectivity index is 1.87. The summed E-state index contributed by atoms with van der Waals surface area (Å²) in [7, 11) is -3.65. The zero-order valence-corrected chi connectivity index (χ0v) is 16.2. The second kappa shape index (κ2) is 9.48. The number of hydrogen-bond acceptors (Lipinski definition) is 8. The third-order valence-electron chi connectivity index (χ3n) is 3.23. The molecule has 0 aliphatic carbocycles. The van der Waals surface area contributed by atoms with Crippen LogP contribution in [0.1, 0.15) is 17.7 Å². The number of benzene rings is 1. The van der Waals surface area contributed by atoms with Crippen LogP contribution in [-0.4, -0.2) is 48.5 Å². The van der Waals surface area contributed by atoms with Gasteiger partial charge in [0.2, 0.25) is 15.9 Å². The molecule has 0 saturated carbocycles. The van der Waals surface area contributed by atoms with Crippen molar-refractivity contribution in [3.8, 4) is 0 Å². The first-order valence-corrected chi connectivity index (χ1v) is 10.6. The Labute approximate surface area is 160 Å². The van der Waals surface area contributed by atoms with Gasteiger partial charge in [0.05, 0.1) is 11.4 Å². The summed E-state index contributed by atoms with van der Waals surface area (Å²) in [5.41, 5.74) is 8.05. The molecule has 12 heteroatoms. The summed E-state index contributed by atoms with van der Waals surface area (Å²) in [6.45, 7) is 2.25. The van der Waals surface area contributed by atoms with Gasteiger partial charge in [-0.25, -0.2) is 23.2 Å². The van der Waals surface area contributed by atoms with Crippen molar-refractivity contribution >= 4 is 39.2 Å². The number of carbonyl (C=O) groups is 1. The highest BCUT2D eigenvalue weighted by Crippen LogP contribution is 2.20. The molecule has 1 heterocycles. The lowest BCUT2D eigenvalue weighted by atomic mass is 10.2. The summed E-state index contributed by atoms with van der Waals surface area (Å²) in [4.78, 5) is 15.8. The summed E-state index contributed by atoms with van der Waals surface area (Å²) in [5, 5.41) is 15.5. The van der Waals surface area contributed by atoms with Crippen LogP contribution in [0, 0.1) is 6.92 Å². The Morgan fingerprint density at radius 3 is 2.85 bits per heavy atom. The molecular formula is C15H20N6O4S2. The van der Waals surface area contributed by atoms with Crippen LogP contribution < -0.4 is 16.2 Å². The number of aryl methyl sites for hydroxylation is 1. The van der Waals surface area contributed by atoms with Crippen LogP contribution in [0.25, 0.3) is 0 Å². The lowest BCUT2D eigenvalue weighted by Gasteiger charge is -2.04. The van der Waals surface area contributed by atoms with Crippen LogP contribution in [0.5, 0.6) is 0 Å². The molecule has 1 amide bonds. The molecule has 27 heavy (non-hydrogen) atoms. The number of aromatic nitrogens is 2. The minimum Gasteiger partial charge on any atom is -0.382 e. The van der Waals surface area contributed by atoms with E-state index in [9.17, 15) is 13.2 Å². The predicted octanol–water partition coefficient (Wildman–Crippen LogP) is 0.302. The van der Waals surface area contributed by atoms with E-state index in [-0.39, 0.29) is 12.3 Å². The highest BCUT2D eigenvalue weighted by atomic mass is 32.2. The number of rotatable bonds is 9. The second-order valence-corrected chi connectivity index (χ2v) is 8.39. The molecule has 2 rings (SSSR count). The van der Waals surface area contributed by atoms with E-state index in [2.05, 4.69) is 20.6 Å². The first-order valence-electron chi connectivity index (χ1n) is 7.88. The fourth-order valence-corrected chi connectivity index (χ4v) is 3.21. The number of amides is 1. The molecule has 2 aromatic rings. The number of aliphatic imine (C=N–C) groups is 1. The third kappa shape index (κ3) is 7.37. The molecule has 0 aliphatic heterocycles. The van der Waals surface area contributed by atoms with Gasteiger partial charge in [-0.3, -0.25) is 4.79 Å². The molecule has 10 nitrogen and oxygen atoms in total. The monoisotopic (exact) mass is 412 g/mol. The summed E-state index contributed by atoms with van der Waals surface area (Å²) < 4.78 is 26.4. The molecule has 0 radical (unpaired) electrons. The van der Waals surface area contributed by atoms with E-state index in [0.717, 1.165) is 5.56 Å². The summed E-state index contributed by atoms with van der Waals surface area (Å²) >= 11 is 1.28. The molecule has 0 saturated heterocycles. The van der Waals surface area contributed by atoms with Crippen molar-refractivity contribution in [2.75, 3.05) is 18.1 Å². The van der Waals surface area contributed by atoms with Crippen molar-refractivity contribution in [1.82, 2.24) is 15.6 Å². The van der Waals surface area contributed by atoms with Crippen LogP contribution in [0.4, 0.5) is 5.69 Å². The van der Waals surface area contributed by atoms with Gasteiger partial charge in [0.1, 0.15) is 0 Å². The number of nitrogens with one attached hydrogen (secondary N) is 1. The smallest absolute Gasteiger partial charge is 0.221 e. The van der Waals surface area contributed by atoms with Crippen LogP contribution in [-0.2, 0) is 14.8 Å². The van der Waals surface area contributed by atoms with Crippen LogP contribution >= 0.6 is 11.8 Å². The van der Waals surface area contributed by atoms with Crippen molar-refractivity contribution < 1.29 is 17.8 Å². The lowest BCUT2D eigenvalue weighted by Crippen LogP contribution is -2.29. The van der Waals surface area contributed by atoms with Crippen molar-refractivity contribution in [1.29, 1.82) is 0 Å². The first kappa shape index (κ1) is 20.9. The molecule has 1 aromatic heterocycles. The minimum absolute atomic E-state index is 0.168. The number of primary sulfonamides is 1. The Hall–Kier alpha value is -2.44. The number of amidine groups is 1. The number of sulfonamides is 1. The Bertz CT molecular complexity index is 926. The molecule has 0 aliphatic rings.